The predicted molar refractivity (Wildman–Crippen MR) is 95.1 cm³/mol. The van der Waals surface area contributed by atoms with Crippen molar-refractivity contribution in [3.63, 3.8) is 0 Å². The van der Waals surface area contributed by atoms with Crippen LogP contribution in [-0.4, -0.2) is 52.3 Å². The first-order valence-electron chi connectivity index (χ1n) is 6.61. The number of oxime groups is 1. The van der Waals surface area contributed by atoms with Gasteiger partial charge < -0.3 is 10.3 Å². The summed E-state index contributed by atoms with van der Waals surface area (Å²) >= 11 is 18.0. The van der Waals surface area contributed by atoms with Crippen molar-refractivity contribution in [3.8, 4) is 0 Å². The molecule has 12 heteroatoms. The van der Waals surface area contributed by atoms with Crippen molar-refractivity contribution in [1.29, 1.82) is 0 Å². The van der Waals surface area contributed by atoms with Crippen LogP contribution in [0.3, 0.4) is 0 Å². The molecule has 1 unspecified atom stereocenters. The van der Waals surface area contributed by atoms with Gasteiger partial charge in [-0.2, -0.15) is 12.7 Å². The van der Waals surface area contributed by atoms with Crippen molar-refractivity contribution in [2.24, 2.45) is 5.16 Å². The first-order chi connectivity index (χ1) is 11.6. The van der Waals surface area contributed by atoms with Gasteiger partial charge in [0.2, 0.25) is 0 Å². The van der Waals surface area contributed by atoms with E-state index in [0.29, 0.717) is 0 Å². The number of nitrogens with zero attached hydrogens (tertiary/aromatic N) is 4. The van der Waals surface area contributed by atoms with E-state index in [2.05, 4.69) is 10.1 Å². The van der Waals surface area contributed by atoms with Gasteiger partial charge in [0.15, 0.2) is 5.82 Å². The highest BCUT2D eigenvalue weighted by atomic mass is 35.5. The van der Waals surface area contributed by atoms with Gasteiger partial charge in [-0.15, -0.1) is 0 Å². The normalized spacial score (nSPS) is 13.7. The third-order valence-electron chi connectivity index (χ3n) is 3.20. The van der Waals surface area contributed by atoms with Crippen LogP contribution in [0, 0.1) is 0 Å². The van der Waals surface area contributed by atoms with Crippen LogP contribution in [0.5, 0.6) is 0 Å². The van der Waals surface area contributed by atoms with Crippen LogP contribution in [0.25, 0.3) is 0 Å². The van der Waals surface area contributed by atoms with Gasteiger partial charge >= 0.3 is 10.2 Å². The minimum Gasteiger partial charge on any atom is -0.411 e. The summed E-state index contributed by atoms with van der Waals surface area (Å²) in [4.78, 5) is 3.98. The molecule has 0 saturated carbocycles. The average Bonchev–Trinajstić information content (AvgIpc) is 2.91. The maximum absolute atomic E-state index is 12.3. The Balaban J connectivity index is 2.62. The molecule has 1 heterocycles. The molecular weight excluding hydrogens is 415 g/mol. The Bertz CT molecular complexity index is 904. The van der Waals surface area contributed by atoms with E-state index in [1.54, 1.807) is 0 Å². The lowest BCUT2D eigenvalue weighted by Crippen LogP contribution is -2.29. The second-order valence-electron chi connectivity index (χ2n) is 5.04. The number of hydrogen-bond donors (Lipinski definition) is 2. The number of benzene rings is 1. The maximum atomic E-state index is 12.3. The third-order valence-corrected chi connectivity index (χ3v) is 5.76. The van der Waals surface area contributed by atoms with Gasteiger partial charge in [0.1, 0.15) is 12.3 Å². The number of aliphatic hydroxyl groups is 1. The zero-order valence-electron chi connectivity index (χ0n) is 12.9. The molecule has 0 aliphatic rings. The highest BCUT2D eigenvalue weighted by Gasteiger charge is 2.26. The Kier molecular flexibility index (Phi) is 5.97. The molecule has 8 nitrogen and oxygen atoms in total. The summed E-state index contributed by atoms with van der Waals surface area (Å²) in [7, 11) is -1.33. The fourth-order valence-electron chi connectivity index (χ4n) is 1.99. The summed E-state index contributed by atoms with van der Waals surface area (Å²) in [5.74, 6) is -0.216. The van der Waals surface area contributed by atoms with E-state index < -0.39 is 16.3 Å². The highest BCUT2D eigenvalue weighted by Crippen LogP contribution is 2.36. The third kappa shape index (κ3) is 3.91. The van der Waals surface area contributed by atoms with Gasteiger partial charge in [-0.25, -0.2) is 8.96 Å². The minimum absolute atomic E-state index is 0.0635. The largest absolute Gasteiger partial charge is 0.411 e. The van der Waals surface area contributed by atoms with Crippen LogP contribution < -0.4 is 0 Å². The van der Waals surface area contributed by atoms with Crippen molar-refractivity contribution in [1.82, 2.24) is 13.3 Å². The van der Waals surface area contributed by atoms with Gasteiger partial charge in [0.25, 0.3) is 0 Å². The maximum Gasteiger partial charge on any atom is 0.308 e. The Morgan fingerprint density at radius 1 is 1.28 bits per heavy atom. The van der Waals surface area contributed by atoms with Crippen molar-refractivity contribution >= 4 is 51.2 Å². The molecule has 0 saturated heterocycles. The van der Waals surface area contributed by atoms with Crippen molar-refractivity contribution in [2.75, 3.05) is 14.1 Å². The molecule has 0 bridgehead atoms. The Morgan fingerprint density at radius 2 is 1.84 bits per heavy atom. The lowest BCUT2D eigenvalue weighted by molar-refractivity contribution is 0.216. The van der Waals surface area contributed by atoms with Gasteiger partial charge in [0.05, 0.1) is 5.69 Å². The first kappa shape index (κ1) is 20.0. The molecule has 25 heavy (non-hydrogen) atoms. The zero-order chi connectivity index (χ0) is 18.9. The van der Waals surface area contributed by atoms with Gasteiger partial charge in [-0.05, 0) is 12.1 Å². The fourth-order valence-corrected chi connectivity index (χ4v) is 3.93. The van der Waals surface area contributed by atoms with E-state index in [1.165, 1.54) is 26.2 Å². The van der Waals surface area contributed by atoms with Crippen LogP contribution >= 0.6 is 34.8 Å². The molecule has 1 atom stereocenters. The van der Waals surface area contributed by atoms with Crippen LogP contribution in [0.2, 0.25) is 15.1 Å². The first-order valence-corrected chi connectivity index (χ1v) is 9.15. The van der Waals surface area contributed by atoms with Crippen LogP contribution in [0.4, 0.5) is 0 Å². The van der Waals surface area contributed by atoms with E-state index in [1.807, 2.05) is 0 Å². The standard InChI is InChI=1S/C13H13Cl3N4O4S/c1-19(2)25(23,24)20-6-10(18-11(20)5-17-22)13(21)12-8(15)3-7(14)4-9(12)16/h3-6,13,21-22H,1-2H3. The second-order valence-corrected chi connectivity index (χ2v) is 8.31. The number of rotatable bonds is 5. The van der Waals surface area contributed by atoms with E-state index in [-0.39, 0.29) is 32.1 Å². The Hall–Kier alpha value is -1.36. The summed E-state index contributed by atoms with van der Waals surface area (Å²) in [6.07, 6.45) is 0.474. The fraction of sp³-hybridized carbons (Fsp3) is 0.231. The molecule has 0 fully saturated rings. The summed E-state index contributed by atoms with van der Waals surface area (Å²) < 4.78 is 26.4. The lowest BCUT2D eigenvalue weighted by atomic mass is 10.1. The molecular formula is C13H13Cl3N4O4S. The number of aliphatic hydroxyl groups excluding tert-OH is 1. The second kappa shape index (κ2) is 7.48. The van der Waals surface area contributed by atoms with Gasteiger partial charge in [-0.1, -0.05) is 40.0 Å². The summed E-state index contributed by atoms with van der Waals surface area (Å²) in [6, 6.07) is 2.77. The summed E-state index contributed by atoms with van der Waals surface area (Å²) in [6.45, 7) is 0. The van der Waals surface area contributed by atoms with E-state index in [0.717, 1.165) is 20.7 Å². The highest BCUT2D eigenvalue weighted by molar-refractivity contribution is 7.87. The summed E-state index contributed by atoms with van der Waals surface area (Å²) in [5, 5.41) is 22.5. The topological polar surface area (TPSA) is 108 Å². The van der Waals surface area contributed by atoms with Crippen LogP contribution in [0.15, 0.2) is 23.5 Å². The van der Waals surface area contributed by atoms with Gasteiger partial charge in [0, 0.05) is 40.9 Å². The zero-order valence-corrected chi connectivity index (χ0v) is 16.0. The van der Waals surface area contributed by atoms with Crippen LogP contribution in [-0.2, 0) is 10.2 Å². The number of aromatic nitrogens is 2. The van der Waals surface area contributed by atoms with E-state index >= 15 is 0 Å². The number of halogens is 3. The molecule has 1 aromatic heterocycles. The molecule has 0 radical (unpaired) electrons. The molecule has 0 aliphatic carbocycles. The van der Waals surface area contributed by atoms with Crippen LogP contribution in [0.1, 0.15) is 23.2 Å². The molecule has 0 spiro atoms. The van der Waals surface area contributed by atoms with Crippen molar-refractivity contribution in [2.45, 2.75) is 6.10 Å². The molecule has 1 aromatic carbocycles. The molecule has 0 amide bonds. The molecule has 2 rings (SSSR count). The number of hydrogen-bond acceptors (Lipinski definition) is 6. The van der Waals surface area contributed by atoms with E-state index in [4.69, 9.17) is 40.0 Å². The molecule has 136 valence electrons. The minimum atomic E-state index is -3.96. The SMILES string of the molecule is CN(C)S(=O)(=O)n1cc(C(O)c2c(Cl)cc(Cl)cc2Cl)nc1C=NO. The summed E-state index contributed by atoms with van der Waals surface area (Å²) in [5.41, 5.74) is 0.0542. The van der Waals surface area contributed by atoms with Crippen molar-refractivity contribution in [3.05, 3.63) is 50.5 Å². The predicted octanol–water partition coefficient (Wildman–Crippen LogP) is 2.39. The Labute approximate surface area is 159 Å². The van der Waals surface area contributed by atoms with Crippen molar-refractivity contribution < 1.29 is 18.7 Å². The molecule has 2 aromatic rings. The Morgan fingerprint density at radius 3 is 2.32 bits per heavy atom. The lowest BCUT2D eigenvalue weighted by Gasteiger charge is -2.13. The molecule has 2 N–H and O–H groups in total. The smallest absolute Gasteiger partial charge is 0.308 e. The quantitative estimate of drug-likeness (QED) is 0.433. The monoisotopic (exact) mass is 426 g/mol. The van der Waals surface area contributed by atoms with E-state index in [9.17, 15) is 13.5 Å². The van der Waals surface area contributed by atoms with Gasteiger partial charge in [-0.3, -0.25) is 0 Å². The molecule has 0 aliphatic heterocycles. The average molecular weight is 428 g/mol. The number of imidazole rings is 1.